The first-order chi connectivity index (χ1) is 16.2. The Hall–Kier alpha value is -2.06. The zero-order chi connectivity index (χ0) is 24.0. The first-order valence-corrected chi connectivity index (χ1v) is 14.5. The summed E-state index contributed by atoms with van der Waals surface area (Å²) >= 11 is 0. The summed E-state index contributed by atoms with van der Waals surface area (Å²) in [7, 11) is -3.06. The third kappa shape index (κ3) is 4.59. The maximum absolute atomic E-state index is 13.3. The molecular weight excluding hydrogens is 452 g/mol. The van der Waals surface area contributed by atoms with Crippen LogP contribution in [-0.2, 0) is 9.84 Å². The lowest BCUT2D eigenvalue weighted by atomic mass is 9.90. The van der Waals surface area contributed by atoms with Crippen molar-refractivity contribution >= 4 is 26.7 Å². The Morgan fingerprint density at radius 2 is 1.74 bits per heavy atom. The molecule has 0 atom stereocenters. The second-order valence-corrected chi connectivity index (χ2v) is 12.8. The average molecular weight is 489 g/mol. The molecule has 0 unspecified atom stereocenters. The number of hydrogen-bond acceptors (Lipinski definition) is 6. The largest absolute Gasteiger partial charge is 0.490 e. The molecular formula is C26H36N2O5S. The van der Waals surface area contributed by atoms with E-state index in [2.05, 4.69) is 24.8 Å². The second-order valence-electron chi connectivity index (χ2n) is 10.5. The number of furan rings is 1. The highest BCUT2D eigenvalue weighted by Gasteiger charge is 2.32. The number of carbonyl (C=O) groups is 1. The molecule has 1 amide bonds. The summed E-state index contributed by atoms with van der Waals surface area (Å²) in [6.45, 7) is 8.77. The Balaban J connectivity index is 1.36. The number of fused-ring (bicyclic) bond motifs is 1. The van der Waals surface area contributed by atoms with Gasteiger partial charge in [0.15, 0.2) is 15.6 Å². The van der Waals surface area contributed by atoms with Crippen molar-refractivity contribution in [3.8, 4) is 5.75 Å². The second kappa shape index (κ2) is 9.19. The Labute approximate surface area is 202 Å². The minimum atomic E-state index is -3.06. The monoisotopic (exact) mass is 488 g/mol. The molecule has 3 fully saturated rings. The van der Waals surface area contributed by atoms with Crippen molar-refractivity contribution in [2.75, 3.05) is 37.7 Å². The number of aryl methyl sites for hydroxylation is 1. The van der Waals surface area contributed by atoms with Crippen molar-refractivity contribution in [1.29, 1.82) is 0 Å². The summed E-state index contributed by atoms with van der Waals surface area (Å²) in [5.41, 5.74) is 2.58. The predicted molar refractivity (Wildman–Crippen MR) is 132 cm³/mol. The number of piperidine rings is 1. The molecule has 1 aromatic heterocycles. The minimum Gasteiger partial charge on any atom is -0.490 e. The van der Waals surface area contributed by atoms with E-state index in [4.69, 9.17) is 9.15 Å². The van der Waals surface area contributed by atoms with Crippen molar-refractivity contribution in [3.63, 3.8) is 0 Å². The Morgan fingerprint density at radius 3 is 2.32 bits per heavy atom. The molecule has 5 rings (SSSR count). The summed E-state index contributed by atoms with van der Waals surface area (Å²) in [4.78, 5) is 17.5. The number of rotatable bonds is 5. The van der Waals surface area contributed by atoms with E-state index >= 15 is 0 Å². The number of likely N-dealkylation sites (tertiary alicyclic amines) is 1. The summed E-state index contributed by atoms with van der Waals surface area (Å²) in [6, 6.07) is 4.80. The molecule has 0 bridgehead atoms. The topological polar surface area (TPSA) is 80.1 Å². The standard InChI is InChI=1S/C26H36N2O5S/c1-17(2)24-21-15-18(3)22(32-20-7-9-27(10-8-20)19-5-4-6-19)16-23(21)33-25(24)26(29)28-11-13-34(30,31)14-12-28/h15-17,19-20H,4-14H2,1-3H3. The molecule has 2 aromatic rings. The quantitative estimate of drug-likeness (QED) is 0.630. The fourth-order valence-corrected chi connectivity index (χ4v) is 6.66. The van der Waals surface area contributed by atoms with Crippen LogP contribution in [0, 0.1) is 6.92 Å². The van der Waals surface area contributed by atoms with Crippen LogP contribution < -0.4 is 4.74 Å². The predicted octanol–water partition coefficient (Wildman–Crippen LogP) is 4.13. The van der Waals surface area contributed by atoms with Crippen LogP contribution in [0.4, 0.5) is 0 Å². The zero-order valence-corrected chi connectivity index (χ0v) is 21.3. The van der Waals surface area contributed by atoms with Gasteiger partial charge in [0.2, 0.25) is 0 Å². The maximum Gasteiger partial charge on any atom is 0.289 e. The summed E-state index contributed by atoms with van der Waals surface area (Å²) in [5, 5.41) is 0.938. The van der Waals surface area contributed by atoms with E-state index < -0.39 is 9.84 Å². The van der Waals surface area contributed by atoms with E-state index in [1.165, 1.54) is 19.3 Å². The number of sulfone groups is 1. The van der Waals surface area contributed by atoms with Gasteiger partial charge in [0.25, 0.3) is 5.91 Å². The van der Waals surface area contributed by atoms with Gasteiger partial charge in [-0.3, -0.25) is 4.79 Å². The van der Waals surface area contributed by atoms with Crippen molar-refractivity contribution in [2.24, 2.45) is 0 Å². The van der Waals surface area contributed by atoms with Gasteiger partial charge in [0, 0.05) is 49.2 Å². The first-order valence-electron chi connectivity index (χ1n) is 12.7. The molecule has 0 radical (unpaired) electrons. The van der Waals surface area contributed by atoms with Gasteiger partial charge in [0.1, 0.15) is 17.4 Å². The highest BCUT2D eigenvalue weighted by molar-refractivity contribution is 7.91. The third-order valence-electron chi connectivity index (χ3n) is 7.79. The average Bonchev–Trinajstić information content (AvgIpc) is 3.12. The number of nitrogens with zero attached hydrogens (tertiary/aromatic N) is 2. The van der Waals surface area contributed by atoms with Crippen LogP contribution in [0.25, 0.3) is 11.0 Å². The van der Waals surface area contributed by atoms with E-state index in [9.17, 15) is 13.2 Å². The molecule has 186 valence electrons. The minimum absolute atomic E-state index is 0.00659. The molecule has 3 aliphatic rings. The van der Waals surface area contributed by atoms with E-state index in [0.717, 1.165) is 54.2 Å². The van der Waals surface area contributed by atoms with Crippen molar-refractivity contribution < 1.29 is 22.4 Å². The van der Waals surface area contributed by atoms with Crippen LogP contribution in [0.5, 0.6) is 5.75 Å². The number of benzene rings is 1. The first kappa shape index (κ1) is 23.7. The SMILES string of the molecule is Cc1cc2c(C(C)C)c(C(=O)N3CCS(=O)(=O)CC3)oc2cc1OC1CCN(C2CCC2)CC1. The summed E-state index contributed by atoms with van der Waals surface area (Å²) in [5.74, 6) is 1.03. The smallest absolute Gasteiger partial charge is 0.289 e. The summed E-state index contributed by atoms with van der Waals surface area (Å²) < 4.78 is 36.2. The number of amides is 1. The van der Waals surface area contributed by atoms with E-state index in [1.807, 2.05) is 13.0 Å². The van der Waals surface area contributed by atoms with Crippen LogP contribution in [0.1, 0.15) is 73.6 Å². The van der Waals surface area contributed by atoms with E-state index in [-0.39, 0.29) is 42.5 Å². The molecule has 1 aromatic carbocycles. The van der Waals surface area contributed by atoms with Crippen LogP contribution in [0.3, 0.4) is 0 Å². The normalized spacial score (nSPS) is 22.3. The highest BCUT2D eigenvalue weighted by atomic mass is 32.2. The fraction of sp³-hybridized carbons (Fsp3) is 0.654. The van der Waals surface area contributed by atoms with Gasteiger partial charge in [0.05, 0.1) is 11.5 Å². The van der Waals surface area contributed by atoms with E-state index in [1.54, 1.807) is 4.90 Å². The molecule has 0 N–H and O–H groups in total. The maximum atomic E-state index is 13.3. The fourth-order valence-electron chi connectivity index (χ4n) is 5.46. The Morgan fingerprint density at radius 1 is 1.06 bits per heavy atom. The van der Waals surface area contributed by atoms with Gasteiger partial charge >= 0.3 is 0 Å². The third-order valence-corrected chi connectivity index (χ3v) is 9.40. The van der Waals surface area contributed by atoms with Gasteiger partial charge in [-0.15, -0.1) is 0 Å². The Kier molecular flexibility index (Phi) is 6.40. The molecule has 0 spiro atoms. The van der Waals surface area contributed by atoms with Crippen LogP contribution in [-0.4, -0.2) is 74.0 Å². The zero-order valence-electron chi connectivity index (χ0n) is 20.5. The summed E-state index contributed by atoms with van der Waals surface area (Å²) in [6.07, 6.45) is 6.31. The molecule has 3 heterocycles. The van der Waals surface area contributed by atoms with Gasteiger partial charge in [-0.2, -0.15) is 0 Å². The highest BCUT2D eigenvalue weighted by Crippen LogP contribution is 2.37. The number of hydrogen-bond donors (Lipinski definition) is 0. The van der Waals surface area contributed by atoms with Crippen LogP contribution >= 0.6 is 0 Å². The van der Waals surface area contributed by atoms with Crippen molar-refractivity contribution in [1.82, 2.24) is 9.80 Å². The van der Waals surface area contributed by atoms with Crippen molar-refractivity contribution in [3.05, 3.63) is 29.0 Å². The molecule has 2 aliphatic heterocycles. The molecule has 34 heavy (non-hydrogen) atoms. The van der Waals surface area contributed by atoms with Crippen molar-refractivity contribution in [2.45, 2.75) is 70.9 Å². The lowest BCUT2D eigenvalue weighted by molar-refractivity contribution is 0.0491. The molecule has 1 saturated carbocycles. The van der Waals surface area contributed by atoms with Gasteiger partial charge in [-0.05, 0) is 50.2 Å². The Bertz CT molecular complexity index is 1160. The molecule has 7 nitrogen and oxygen atoms in total. The van der Waals surface area contributed by atoms with Crippen LogP contribution in [0.15, 0.2) is 16.5 Å². The molecule has 8 heteroatoms. The lowest BCUT2D eigenvalue weighted by Gasteiger charge is -2.41. The van der Waals surface area contributed by atoms with Gasteiger partial charge in [-0.1, -0.05) is 20.3 Å². The van der Waals surface area contributed by atoms with Gasteiger partial charge in [-0.25, -0.2) is 8.42 Å². The number of ether oxygens (including phenoxy) is 1. The van der Waals surface area contributed by atoms with Gasteiger partial charge < -0.3 is 19.0 Å². The number of carbonyl (C=O) groups excluding carboxylic acids is 1. The molecule has 1 aliphatic carbocycles. The molecule has 2 saturated heterocycles. The van der Waals surface area contributed by atoms with E-state index in [0.29, 0.717) is 11.3 Å². The lowest BCUT2D eigenvalue weighted by Crippen LogP contribution is -2.46. The van der Waals surface area contributed by atoms with Crippen LogP contribution in [0.2, 0.25) is 0 Å².